The Hall–Kier alpha value is -3.08. The van der Waals surface area contributed by atoms with E-state index in [0.717, 1.165) is 41.4 Å². The van der Waals surface area contributed by atoms with Crippen molar-refractivity contribution in [2.75, 3.05) is 19.6 Å². The monoisotopic (exact) mass is 429 g/mol. The molecular formula is C27H31N3O2. The standard InChI is InChI=1S/C27H31N3O2/c1-4-5-8-15-29-17-23(31)30-16-21(19-13-11-18(2)12-14-19)24-20-9-6-7-10-22(20)28-25(24)27(30,3)26(29)32/h6-7,9-14,21,28H,4-5,8,15-17H2,1-3H3/t21-,27+/m1/s1. The molecule has 2 atom stereocenters. The van der Waals surface area contributed by atoms with Crippen LogP contribution < -0.4 is 0 Å². The van der Waals surface area contributed by atoms with E-state index < -0.39 is 5.54 Å². The van der Waals surface area contributed by atoms with Crippen LogP contribution in [0.4, 0.5) is 0 Å². The van der Waals surface area contributed by atoms with E-state index in [4.69, 9.17) is 0 Å². The first-order valence-corrected chi connectivity index (χ1v) is 11.7. The van der Waals surface area contributed by atoms with Crippen LogP contribution in [-0.4, -0.2) is 46.2 Å². The van der Waals surface area contributed by atoms with Gasteiger partial charge < -0.3 is 14.8 Å². The minimum atomic E-state index is -1.00. The molecule has 2 amide bonds. The highest BCUT2D eigenvalue weighted by molar-refractivity contribution is 6.01. The molecule has 2 aliphatic heterocycles. The first kappa shape index (κ1) is 20.8. The second-order valence-electron chi connectivity index (χ2n) is 9.43. The van der Waals surface area contributed by atoms with Gasteiger partial charge >= 0.3 is 0 Å². The molecule has 0 unspecified atom stereocenters. The molecule has 3 aromatic rings. The van der Waals surface area contributed by atoms with Crippen molar-refractivity contribution < 1.29 is 9.59 Å². The van der Waals surface area contributed by atoms with Gasteiger partial charge in [-0.25, -0.2) is 0 Å². The third-order valence-corrected chi connectivity index (χ3v) is 7.33. The number of hydrogen-bond acceptors (Lipinski definition) is 2. The van der Waals surface area contributed by atoms with Gasteiger partial charge in [-0.15, -0.1) is 0 Å². The van der Waals surface area contributed by atoms with Crippen LogP contribution in [0.25, 0.3) is 10.9 Å². The molecule has 166 valence electrons. The zero-order valence-electron chi connectivity index (χ0n) is 19.1. The molecule has 1 N–H and O–H groups in total. The summed E-state index contributed by atoms with van der Waals surface area (Å²) in [6, 6.07) is 16.8. The van der Waals surface area contributed by atoms with Gasteiger partial charge in [0.2, 0.25) is 5.91 Å². The summed E-state index contributed by atoms with van der Waals surface area (Å²) in [6.45, 7) is 7.49. The first-order valence-electron chi connectivity index (χ1n) is 11.7. The van der Waals surface area contributed by atoms with E-state index in [1.807, 2.05) is 24.0 Å². The third kappa shape index (κ3) is 3.06. The predicted molar refractivity (Wildman–Crippen MR) is 126 cm³/mol. The molecule has 5 heteroatoms. The van der Waals surface area contributed by atoms with E-state index in [1.165, 1.54) is 11.1 Å². The maximum Gasteiger partial charge on any atom is 0.254 e. The Kier molecular flexibility index (Phi) is 5.07. The second kappa shape index (κ2) is 7.80. The highest BCUT2D eigenvalue weighted by atomic mass is 16.2. The molecule has 3 heterocycles. The molecule has 0 bridgehead atoms. The third-order valence-electron chi connectivity index (χ3n) is 7.33. The number of para-hydroxylation sites is 1. The largest absolute Gasteiger partial charge is 0.356 e. The number of aryl methyl sites for hydroxylation is 1. The van der Waals surface area contributed by atoms with E-state index in [0.29, 0.717) is 13.1 Å². The zero-order chi connectivity index (χ0) is 22.5. The Morgan fingerprint density at radius 3 is 2.56 bits per heavy atom. The molecule has 2 aliphatic rings. The van der Waals surface area contributed by atoms with Crippen LogP contribution in [0.15, 0.2) is 48.5 Å². The number of carbonyl (C=O) groups is 2. The van der Waals surface area contributed by atoms with Crippen LogP contribution in [0.5, 0.6) is 0 Å². The normalized spacial score (nSPS) is 22.9. The number of nitrogens with one attached hydrogen (secondary N) is 1. The lowest BCUT2D eigenvalue weighted by Gasteiger charge is -2.51. The Balaban J connectivity index is 1.67. The highest BCUT2D eigenvalue weighted by Crippen LogP contribution is 2.48. The van der Waals surface area contributed by atoms with Gasteiger partial charge in [0, 0.05) is 29.9 Å². The van der Waals surface area contributed by atoms with Crippen molar-refractivity contribution in [1.82, 2.24) is 14.8 Å². The minimum absolute atomic E-state index is 0.0261. The molecule has 0 spiro atoms. The van der Waals surface area contributed by atoms with Gasteiger partial charge in [-0.1, -0.05) is 67.8 Å². The Morgan fingerprint density at radius 1 is 1.06 bits per heavy atom. The molecule has 5 rings (SSSR count). The summed E-state index contributed by atoms with van der Waals surface area (Å²) in [5, 5.41) is 1.14. The fourth-order valence-electron chi connectivity index (χ4n) is 5.51. The minimum Gasteiger partial charge on any atom is -0.356 e. The van der Waals surface area contributed by atoms with Crippen LogP contribution >= 0.6 is 0 Å². The molecule has 32 heavy (non-hydrogen) atoms. The molecule has 1 aromatic heterocycles. The lowest BCUT2D eigenvalue weighted by molar-refractivity contribution is -0.166. The number of hydrogen-bond donors (Lipinski definition) is 1. The van der Waals surface area contributed by atoms with Crippen LogP contribution in [0, 0.1) is 6.92 Å². The lowest BCUT2D eigenvalue weighted by atomic mass is 9.76. The SMILES string of the molecule is CCCCCN1CC(=O)N2C[C@H](c3ccc(C)cc3)c3c([nH]c4ccccc34)[C@@]2(C)C1=O. The molecule has 5 nitrogen and oxygen atoms in total. The van der Waals surface area contributed by atoms with E-state index in [9.17, 15) is 9.59 Å². The van der Waals surface area contributed by atoms with Gasteiger partial charge in [-0.05, 0) is 37.5 Å². The number of nitrogens with zero attached hydrogens (tertiary/aromatic N) is 2. The molecule has 2 aromatic carbocycles. The Morgan fingerprint density at radius 2 is 1.81 bits per heavy atom. The van der Waals surface area contributed by atoms with Gasteiger partial charge in [-0.3, -0.25) is 9.59 Å². The second-order valence-corrected chi connectivity index (χ2v) is 9.43. The first-order chi connectivity index (χ1) is 15.4. The summed E-state index contributed by atoms with van der Waals surface area (Å²) in [5.74, 6) is 0.0894. The summed E-state index contributed by atoms with van der Waals surface area (Å²) in [5.41, 5.74) is 4.42. The number of benzene rings is 2. The summed E-state index contributed by atoms with van der Waals surface area (Å²) in [6.07, 6.45) is 3.08. The van der Waals surface area contributed by atoms with Crippen molar-refractivity contribution in [2.45, 2.75) is 51.5 Å². The molecular weight excluding hydrogens is 398 g/mol. The summed E-state index contributed by atoms with van der Waals surface area (Å²) >= 11 is 0. The van der Waals surface area contributed by atoms with Gasteiger partial charge in [0.1, 0.15) is 0 Å². The number of piperazine rings is 1. The maximum absolute atomic E-state index is 13.9. The average molecular weight is 430 g/mol. The molecule has 0 radical (unpaired) electrons. The molecule has 1 saturated heterocycles. The van der Waals surface area contributed by atoms with Gasteiger partial charge in [-0.2, -0.15) is 0 Å². The predicted octanol–water partition coefficient (Wildman–Crippen LogP) is 4.70. The number of aromatic nitrogens is 1. The molecule has 0 aliphatic carbocycles. The maximum atomic E-state index is 13.9. The molecule has 1 fully saturated rings. The lowest BCUT2D eigenvalue weighted by Crippen LogP contribution is -2.67. The van der Waals surface area contributed by atoms with E-state index >= 15 is 0 Å². The van der Waals surface area contributed by atoms with Gasteiger partial charge in [0.05, 0.1) is 12.2 Å². The summed E-state index contributed by atoms with van der Waals surface area (Å²) in [7, 11) is 0. The van der Waals surface area contributed by atoms with Crippen LogP contribution in [0.1, 0.15) is 61.4 Å². The zero-order valence-corrected chi connectivity index (χ0v) is 19.1. The summed E-state index contributed by atoms with van der Waals surface area (Å²) in [4.78, 5) is 34.4. The summed E-state index contributed by atoms with van der Waals surface area (Å²) < 4.78 is 0. The Labute approximate surface area is 189 Å². The number of rotatable bonds is 5. The van der Waals surface area contributed by atoms with Gasteiger partial charge in [0.25, 0.3) is 5.91 Å². The smallest absolute Gasteiger partial charge is 0.254 e. The topological polar surface area (TPSA) is 56.4 Å². The number of carbonyl (C=O) groups excluding carboxylic acids is 2. The van der Waals surface area contributed by atoms with Crippen molar-refractivity contribution >= 4 is 22.7 Å². The number of unbranched alkanes of at least 4 members (excludes halogenated alkanes) is 2. The highest BCUT2D eigenvalue weighted by Gasteiger charge is 2.56. The fourth-order valence-corrected chi connectivity index (χ4v) is 5.51. The van der Waals surface area contributed by atoms with E-state index in [2.05, 4.69) is 55.2 Å². The van der Waals surface area contributed by atoms with Crippen molar-refractivity contribution in [1.29, 1.82) is 0 Å². The van der Waals surface area contributed by atoms with Crippen molar-refractivity contribution in [3.05, 3.63) is 70.9 Å². The van der Waals surface area contributed by atoms with Crippen molar-refractivity contribution in [2.24, 2.45) is 0 Å². The van der Waals surface area contributed by atoms with E-state index in [1.54, 1.807) is 4.90 Å². The van der Waals surface area contributed by atoms with Crippen molar-refractivity contribution in [3.8, 4) is 0 Å². The number of H-pyrrole nitrogens is 1. The average Bonchev–Trinajstić information content (AvgIpc) is 3.19. The van der Waals surface area contributed by atoms with Crippen LogP contribution in [-0.2, 0) is 15.1 Å². The van der Waals surface area contributed by atoms with Crippen molar-refractivity contribution in [3.63, 3.8) is 0 Å². The molecule has 0 saturated carbocycles. The fraction of sp³-hybridized carbons (Fsp3) is 0.407. The van der Waals surface area contributed by atoms with Gasteiger partial charge in [0.15, 0.2) is 5.54 Å². The number of aromatic amines is 1. The number of fused-ring (bicyclic) bond motifs is 5. The Bertz CT molecular complexity index is 1180. The van der Waals surface area contributed by atoms with Crippen LogP contribution in [0.2, 0.25) is 0 Å². The quantitative estimate of drug-likeness (QED) is 0.598. The van der Waals surface area contributed by atoms with Crippen LogP contribution in [0.3, 0.4) is 0 Å². The van der Waals surface area contributed by atoms with E-state index in [-0.39, 0.29) is 24.3 Å². The number of amides is 2.